The third kappa shape index (κ3) is 7.84. The molecule has 2 aromatic carbocycles. The average molecular weight is 681 g/mol. The molecule has 6 nitrogen and oxygen atoms in total. The second-order valence-corrected chi connectivity index (χ2v) is 7.93. The summed E-state index contributed by atoms with van der Waals surface area (Å²) in [7, 11) is 0. The van der Waals surface area contributed by atoms with Gasteiger partial charge in [-0.1, -0.05) is 60.7 Å². The summed E-state index contributed by atoms with van der Waals surface area (Å²) in [5.74, 6) is 1.32. The summed E-state index contributed by atoms with van der Waals surface area (Å²) < 4.78 is 11.3. The van der Waals surface area contributed by atoms with E-state index in [1.54, 1.807) is 12.4 Å². The van der Waals surface area contributed by atoms with Crippen LogP contribution in [0.3, 0.4) is 0 Å². The molecule has 0 saturated carbocycles. The fraction of sp³-hybridized carbons (Fsp3) is 0.0645. The van der Waals surface area contributed by atoms with Crippen LogP contribution in [0.4, 0.5) is 0 Å². The topological polar surface area (TPSA) is 89.4 Å². The van der Waals surface area contributed by atoms with Crippen LogP contribution in [0.25, 0.3) is 44.8 Å². The largest absolute Gasteiger partial charge is 0.518 e. The number of allylic oxidation sites excluding steroid dienone is 2. The number of benzene rings is 2. The number of nitrogens with zero attached hydrogens (tertiary/aromatic N) is 2. The molecule has 7 heteroatoms. The van der Waals surface area contributed by atoms with E-state index in [2.05, 4.69) is 22.1 Å². The maximum Gasteiger partial charge on any atom is 0.155 e. The molecule has 0 saturated heterocycles. The molecule has 4 aromatic heterocycles. The Balaban J connectivity index is 0.000000167. The van der Waals surface area contributed by atoms with Crippen molar-refractivity contribution in [2.24, 2.45) is 0 Å². The molecule has 1 radical (unpaired) electrons. The predicted molar refractivity (Wildman–Crippen MR) is 144 cm³/mol. The molecular weight excluding hydrogens is 657 g/mol. The minimum atomic E-state index is -0.125. The Kier molecular flexibility index (Phi) is 10.3. The number of fused-ring (bicyclic) bond motifs is 2. The summed E-state index contributed by atoms with van der Waals surface area (Å²) >= 11 is 0. The normalized spacial score (nSPS) is 10.5. The number of hydrogen-bond donors (Lipinski definition) is 1. The molecule has 4 heterocycles. The van der Waals surface area contributed by atoms with Crippen molar-refractivity contribution in [3.8, 4) is 22.9 Å². The van der Waals surface area contributed by atoms with Gasteiger partial charge in [0.15, 0.2) is 5.78 Å². The Hall–Kier alpha value is -4.32. The van der Waals surface area contributed by atoms with E-state index in [1.807, 2.05) is 84.9 Å². The number of furan rings is 2. The van der Waals surface area contributed by atoms with Crippen molar-refractivity contribution >= 4 is 27.7 Å². The Morgan fingerprint density at radius 2 is 1.13 bits per heavy atom. The third-order valence-electron chi connectivity index (χ3n) is 4.90. The summed E-state index contributed by atoms with van der Waals surface area (Å²) in [6, 6.07) is 33.5. The molecule has 6 rings (SSSR count). The van der Waals surface area contributed by atoms with E-state index in [0.29, 0.717) is 11.5 Å². The second-order valence-electron chi connectivity index (χ2n) is 7.93. The van der Waals surface area contributed by atoms with E-state index in [4.69, 9.17) is 13.9 Å². The van der Waals surface area contributed by atoms with Gasteiger partial charge in [-0.2, -0.15) is 0 Å². The Labute approximate surface area is 234 Å². The molecule has 0 aliphatic heterocycles. The van der Waals surface area contributed by atoms with Crippen molar-refractivity contribution in [2.75, 3.05) is 0 Å². The van der Waals surface area contributed by atoms with Crippen LogP contribution in [0.1, 0.15) is 13.8 Å². The van der Waals surface area contributed by atoms with E-state index in [1.165, 1.54) is 19.9 Å². The monoisotopic (exact) mass is 681 g/mol. The molecular formula is C31H24IrN2O4-2. The zero-order valence-electron chi connectivity index (χ0n) is 20.7. The number of aliphatic hydroxyl groups is 1. The van der Waals surface area contributed by atoms with Gasteiger partial charge in [0.2, 0.25) is 0 Å². The fourth-order valence-electron chi connectivity index (χ4n) is 3.35. The maximum atomic E-state index is 10.0. The Morgan fingerprint density at radius 3 is 1.45 bits per heavy atom. The first-order valence-electron chi connectivity index (χ1n) is 11.5. The van der Waals surface area contributed by atoms with Crippen LogP contribution in [0.2, 0.25) is 0 Å². The number of aliphatic hydroxyl groups excluding tert-OH is 1. The van der Waals surface area contributed by atoms with Crippen LogP contribution in [-0.4, -0.2) is 20.9 Å². The van der Waals surface area contributed by atoms with Gasteiger partial charge < -0.3 is 23.9 Å². The van der Waals surface area contributed by atoms with Gasteiger partial charge in [0.1, 0.15) is 0 Å². The number of para-hydroxylation sites is 2. The molecule has 0 fully saturated rings. The van der Waals surface area contributed by atoms with Gasteiger partial charge in [0.05, 0.1) is 17.3 Å². The van der Waals surface area contributed by atoms with Crippen molar-refractivity contribution in [3.05, 3.63) is 121 Å². The van der Waals surface area contributed by atoms with Crippen LogP contribution < -0.4 is 0 Å². The quantitative estimate of drug-likeness (QED) is 0.118. The van der Waals surface area contributed by atoms with Crippen LogP contribution in [0.5, 0.6) is 0 Å². The molecule has 0 bridgehead atoms. The molecule has 0 aliphatic carbocycles. The van der Waals surface area contributed by atoms with E-state index >= 15 is 0 Å². The summed E-state index contributed by atoms with van der Waals surface area (Å²) in [5.41, 5.74) is 3.32. The molecule has 193 valence electrons. The van der Waals surface area contributed by atoms with Gasteiger partial charge in [-0.05, 0) is 26.0 Å². The van der Waals surface area contributed by atoms with Crippen molar-refractivity contribution in [3.63, 3.8) is 0 Å². The zero-order valence-corrected chi connectivity index (χ0v) is 23.1. The first-order chi connectivity index (χ1) is 18.0. The SMILES string of the molecule is CC(=O)/C=C(/C)O.[Ir].[c-]1c(-c2ccccn2)oc2ccccc12.[c-]1c(-c2ccccn2)oc2ccccc12. The number of carbonyl (C=O) groups excluding carboxylic acids is 1. The number of pyridine rings is 2. The zero-order chi connectivity index (χ0) is 26.0. The van der Waals surface area contributed by atoms with Gasteiger partial charge in [0.25, 0.3) is 0 Å². The summed E-state index contributed by atoms with van der Waals surface area (Å²) in [6.07, 6.45) is 4.66. The summed E-state index contributed by atoms with van der Waals surface area (Å²) in [5, 5.41) is 10.3. The van der Waals surface area contributed by atoms with E-state index in [0.717, 1.165) is 33.3 Å². The first-order valence-corrected chi connectivity index (χ1v) is 11.5. The molecule has 0 atom stereocenters. The van der Waals surface area contributed by atoms with Gasteiger partial charge in [-0.15, -0.1) is 35.0 Å². The van der Waals surface area contributed by atoms with E-state index in [9.17, 15) is 4.79 Å². The number of carbonyl (C=O) groups is 1. The maximum absolute atomic E-state index is 10.0. The number of hydrogen-bond acceptors (Lipinski definition) is 6. The molecule has 38 heavy (non-hydrogen) atoms. The van der Waals surface area contributed by atoms with Crippen LogP contribution in [0, 0.1) is 12.1 Å². The van der Waals surface area contributed by atoms with Gasteiger partial charge >= 0.3 is 0 Å². The smallest absolute Gasteiger partial charge is 0.155 e. The van der Waals surface area contributed by atoms with Crippen LogP contribution >= 0.6 is 0 Å². The van der Waals surface area contributed by atoms with E-state index < -0.39 is 0 Å². The molecule has 1 N–H and O–H groups in total. The molecule has 6 aromatic rings. The Bertz CT molecular complexity index is 1440. The number of rotatable bonds is 3. The fourth-order valence-corrected chi connectivity index (χ4v) is 3.35. The third-order valence-corrected chi connectivity index (χ3v) is 4.90. The van der Waals surface area contributed by atoms with Crippen LogP contribution in [0.15, 0.2) is 118 Å². The molecule has 0 unspecified atom stereocenters. The molecule has 0 spiro atoms. The molecule has 0 amide bonds. The number of ketones is 1. The van der Waals surface area contributed by atoms with Crippen molar-refractivity contribution in [2.45, 2.75) is 13.8 Å². The van der Waals surface area contributed by atoms with Gasteiger partial charge in [-0.25, -0.2) is 0 Å². The van der Waals surface area contributed by atoms with Gasteiger partial charge in [-0.3, -0.25) is 4.79 Å². The van der Waals surface area contributed by atoms with Gasteiger partial charge in [0, 0.05) is 61.1 Å². The van der Waals surface area contributed by atoms with Crippen molar-refractivity contribution in [1.82, 2.24) is 9.97 Å². The van der Waals surface area contributed by atoms with Crippen LogP contribution in [-0.2, 0) is 24.9 Å². The second kappa shape index (κ2) is 13.8. The minimum Gasteiger partial charge on any atom is -0.518 e. The first kappa shape index (κ1) is 28.3. The Morgan fingerprint density at radius 1 is 0.711 bits per heavy atom. The average Bonchev–Trinajstić information content (AvgIpc) is 3.54. The predicted octanol–water partition coefficient (Wildman–Crippen LogP) is 7.62. The van der Waals surface area contributed by atoms with Crippen molar-refractivity contribution in [1.29, 1.82) is 0 Å². The molecule has 0 aliphatic rings. The van der Waals surface area contributed by atoms with Crippen molar-refractivity contribution < 1.29 is 38.8 Å². The summed E-state index contributed by atoms with van der Waals surface area (Å²) in [6.45, 7) is 2.85. The van der Waals surface area contributed by atoms with E-state index in [-0.39, 0.29) is 31.6 Å². The standard InChI is InChI=1S/2C13H8NO.C5H8O2.Ir/c2*1-2-7-12-10(5-1)9-13(15-12)11-6-3-4-8-14-11;1-4(6)3-5(2)7;/h2*1-8H;3,6H,1-2H3;/q2*-1;;/b;;4-3-;. The minimum absolute atomic E-state index is 0. The summed E-state index contributed by atoms with van der Waals surface area (Å²) in [4.78, 5) is 18.5. The number of aromatic nitrogens is 2.